The number of unbranched alkanes of at least 4 members (excludes halogenated alkanes) is 6. The molecule has 0 saturated heterocycles. The van der Waals surface area contributed by atoms with E-state index in [-0.39, 0.29) is 11.4 Å². The van der Waals surface area contributed by atoms with Gasteiger partial charge in [0, 0.05) is 5.39 Å². The molecule has 0 radical (unpaired) electrons. The minimum atomic E-state index is -0.508. The van der Waals surface area contributed by atoms with Crippen molar-refractivity contribution in [1.29, 1.82) is 0 Å². The van der Waals surface area contributed by atoms with Gasteiger partial charge in [0.15, 0.2) is 11.3 Å². The van der Waals surface area contributed by atoms with Crippen molar-refractivity contribution in [3.8, 4) is 17.1 Å². The highest BCUT2D eigenvalue weighted by Crippen LogP contribution is 2.26. The second kappa shape index (κ2) is 9.12. The predicted molar refractivity (Wildman–Crippen MR) is 99.1 cm³/mol. The van der Waals surface area contributed by atoms with Gasteiger partial charge in [-0.15, -0.1) is 10.2 Å². The summed E-state index contributed by atoms with van der Waals surface area (Å²) in [4.78, 5) is 12.2. The van der Waals surface area contributed by atoms with Crippen molar-refractivity contribution in [2.75, 3.05) is 6.61 Å². The summed E-state index contributed by atoms with van der Waals surface area (Å²) in [6, 6.07) is 7.26. The normalized spacial score (nSPS) is 11.1. The highest BCUT2D eigenvalue weighted by Gasteiger charge is 2.14. The summed E-state index contributed by atoms with van der Waals surface area (Å²) in [7, 11) is 0. The van der Waals surface area contributed by atoms with Crippen molar-refractivity contribution < 1.29 is 9.15 Å². The maximum absolute atomic E-state index is 12.2. The van der Waals surface area contributed by atoms with Gasteiger partial charge in [0.2, 0.25) is 5.82 Å². The number of hydrogen-bond acceptors (Lipinski definition) is 6. The monoisotopic (exact) mass is 356 g/mol. The van der Waals surface area contributed by atoms with Crippen molar-refractivity contribution in [3.05, 3.63) is 34.7 Å². The third kappa shape index (κ3) is 4.47. The third-order valence-electron chi connectivity index (χ3n) is 4.32. The molecular formula is C19H24N4O3. The van der Waals surface area contributed by atoms with Gasteiger partial charge in [-0.25, -0.2) is 4.79 Å². The number of ether oxygens (including phenoxy) is 1. The largest absolute Gasteiger partial charge is 0.490 e. The highest BCUT2D eigenvalue weighted by molar-refractivity contribution is 5.85. The lowest BCUT2D eigenvalue weighted by molar-refractivity contribution is 0.302. The van der Waals surface area contributed by atoms with E-state index in [1.54, 1.807) is 6.07 Å². The Kier molecular flexibility index (Phi) is 6.35. The second-order valence-corrected chi connectivity index (χ2v) is 6.33. The number of nitrogens with one attached hydrogen (secondary N) is 1. The molecule has 7 heteroatoms. The van der Waals surface area contributed by atoms with Gasteiger partial charge in [-0.1, -0.05) is 57.6 Å². The summed E-state index contributed by atoms with van der Waals surface area (Å²) in [6.07, 6.45) is 8.57. The second-order valence-electron chi connectivity index (χ2n) is 6.33. The van der Waals surface area contributed by atoms with Crippen LogP contribution in [0.5, 0.6) is 5.75 Å². The summed E-state index contributed by atoms with van der Waals surface area (Å²) in [5.74, 6) is 0.806. The standard InChI is InChI=1S/C19H24N4O3/c1-2-3-4-5-6-7-8-12-25-16-11-9-10-14-13-15(18-20-22-23-21-18)19(24)26-17(14)16/h9-11,13H,2-8,12H2,1H3,(H,20,21,22,23). The van der Waals surface area contributed by atoms with Gasteiger partial charge in [-0.3, -0.25) is 0 Å². The Morgan fingerprint density at radius 3 is 2.69 bits per heavy atom. The van der Waals surface area contributed by atoms with E-state index in [0.717, 1.165) is 18.2 Å². The molecule has 138 valence electrons. The third-order valence-corrected chi connectivity index (χ3v) is 4.32. The molecule has 0 bridgehead atoms. The molecule has 3 aromatic rings. The fourth-order valence-corrected chi connectivity index (χ4v) is 2.90. The molecule has 2 aromatic heterocycles. The number of nitrogens with zero attached hydrogens (tertiary/aromatic N) is 3. The predicted octanol–water partition coefficient (Wildman–Crippen LogP) is 4.10. The van der Waals surface area contributed by atoms with E-state index in [4.69, 9.17) is 9.15 Å². The zero-order valence-electron chi connectivity index (χ0n) is 15.0. The maximum atomic E-state index is 12.2. The average molecular weight is 356 g/mol. The van der Waals surface area contributed by atoms with Crippen LogP contribution >= 0.6 is 0 Å². The minimum Gasteiger partial charge on any atom is -0.490 e. The number of aromatic amines is 1. The Labute approximate surface area is 151 Å². The fourth-order valence-electron chi connectivity index (χ4n) is 2.90. The lowest BCUT2D eigenvalue weighted by atomic mass is 10.1. The molecule has 26 heavy (non-hydrogen) atoms. The highest BCUT2D eigenvalue weighted by atomic mass is 16.5. The number of para-hydroxylation sites is 1. The lowest BCUT2D eigenvalue weighted by Crippen LogP contribution is -2.05. The number of benzene rings is 1. The van der Waals surface area contributed by atoms with E-state index in [0.29, 0.717) is 17.9 Å². The molecule has 0 unspecified atom stereocenters. The molecule has 0 spiro atoms. The molecule has 7 nitrogen and oxygen atoms in total. The summed E-state index contributed by atoms with van der Waals surface area (Å²) < 4.78 is 11.3. The first-order valence-corrected chi connectivity index (χ1v) is 9.23. The van der Waals surface area contributed by atoms with E-state index in [2.05, 4.69) is 27.5 Å². The number of H-pyrrole nitrogens is 1. The summed E-state index contributed by atoms with van der Waals surface area (Å²) in [6.45, 7) is 2.84. The Hall–Kier alpha value is -2.70. The molecule has 0 aliphatic heterocycles. The zero-order valence-corrected chi connectivity index (χ0v) is 15.0. The van der Waals surface area contributed by atoms with Crippen LogP contribution < -0.4 is 10.4 Å². The van der Waals surface area contributed by atoms with Gasteiger partial charge in [-0.2, -0.15) is 5.21 Å². The van der Waals surface area contributed by atoms with Crippen LogP contribution in [0.3, 0.4) is 0 Å². The fraction of sp³-hybridized carbons (Fsp3) is 0.474. The van der Waals surface area contributed by atoms with Crippen LogP contribution in [0.15, 0.2) is 33.5 Å². The first kappa shape index (κ1) is 18.1. The van der Waals surface area contributed by atoms with E-state index < -0.39 is 5.63 Å². The topological polar surface area (TPSA) is 93.9 Å². The number of rotatable bonds is 10. The Morgan fingerprint density at radius 2 is 1.92 bits per heavy atom. The Balaban J connectivity index is 1.63. The molecule has 1 aromatic carbocycles. The molecule has 2 heterocycles. The molecular weight excluding hydrogens is 332 g/mol. The SMILES string of the molecule is CCCCCCCCCOc1cccc2cc(-c3nn[nH]n3)c(=O)oc12. The van der Waals surface area contributed by atoms with Crippen LogP contribution in [0, 0.1) is 0 Å². The molecule has 3 rings (SSSR count). The molecule has 0 atom stereocenters. The molecule has 1 N–H and O–H groups in total. The van der Waals surface area contributed by atoms with Gasteiger partial charge >= 0.3 is 5.63 Å². The van der Waals surface area contributed by atoms with Gasteiger partial charge < -0.3 is 9.15 Å². The molecule has 0 saturated carbocycles. The lowest BCUT2D eigenvalue weighted by Gasteiger charge is -2.08. The van der Waals surface area contributed by atoms with Crippen molar-refractivity contribution in [2.45, 2.75) is 51.9 Å². The molecule has 0 aliphatic rings. The van der Waals surface area contributed by atoms with E-state index in [1.807, 2.05) is 18.2 Å². The van der Waals surface area contributed by atoms with Crippen molar-refractivity contribution >= 4 is 11.0 Å². The Bertz CT molecular complexity index is 874. The van der Waals surface area contributed by atoms with Crippen molar-refractivity contribution in [3.63, 3.8) is 0 Å². The van der Waals surface area contributed by atoms with E-state index in [1.165, 1.54) is 32.1 Å². The number of aromatic nitrogens is 4. The van der Waals surface area contributed by atoms with E-state index >= 15 is 0 Å². The van der Waals surface area contributed by atoms with Crippen molar-refractivity contribution in [2.24, 2.45) is 0 Å². The van der Waals surface area contributed by atoms with Gasteiger partial charge in [0.1, 0.15) is 5.56 Å². The van der Waals surface area contributed by atoms with Gasteiger partial charge in [0.25, 0.3) is 0 Å². The summed E-state index contributed by atoms with van der Waals surface area (Å²) >= 11 is 0. The average Bonchev–Trinajstić information content (AvgIpc) is 3.18. The Morgan fingerprint density at radius 1 is 1.12 bits per heavy atom. The number of fused-ring (bicyclic) bond motifs is 1. The van der Waals surface area contributed by atoms with E-state index in [9.17, 15) is 4.79 Å². The van der Waals surface area contributed by atoms with Crippen LogP contribution in [0.2, 0.25) is 0 Å². The zero-order chi connectivity index (χ0) is 18.2. The minimum absolute atomic E-state index is 0.218. The quantitative estimate of drug-likeness (QED) is 0.434. The van der Waals surface area contributed by atoms with Crippen LogP contribution in [0.4, 0.5) is 0 Å². The molecule has 0 fully saturated rings. The molecule has 0 aliphatic carbocycles. The van der Waals surface area contributed by atoms with Crippen LogP contribution in [-0.4, -0.2) is 27.2 Å². The maximum Gasteiger partial charge on any atom is 0.347 e. The smallest absolute Gasteiger partial charge is 0.347 e. The van der Waals surface area contributed by atoms with Crippen molar-refractivity contribution in [1.82, 2.24) is 20.6 Å². The summed E-state index contributed by atoms with van der Waals surface area (Å²) in [5.41, 5.74) is 0.217. The first-order valence-electron chi connectivity index (χ1n) is 9.23. The van der Waals surface area contributed by atoms with Crippen LogP contribution in [0.25, 0.3) is 22.4 Å². The van der Waals surface area contributed by atoms with Crippen LogP contribution in [-0.2, 0) is 0 Å². The van der Waals surface area contributed by atoms with Gasteiger partial charge in [0.05, 0.1) is 6.61 Å². The van der Waals surface area contributed by atoms with Crippen LogP contribution in [0.1, 0.15) is 51.9 Å². The first-order chi connectivity index (χ1) is 12.8. The molecule has 0 amide bonds. The number of hydrogen-bond donors (Lipinski definition) is 1. The van der Waals surface area contributed by atoms with Gasteiger partial charge in [-0.05, 0) is 23.8 Å². The number of tetrazole rings is 1. The summed E-state index contributed by atoms with van der Waals surface area (Å²) in [5, 5.41) is 14.2.